The Kier molecular flexibility index (Phi) is 6.19. The summed E-state index contributed by atoms with van der Waals surface area (Å²) in [6.07, 6.45) is 1.29. The predicted octanol–water partition coefficient (Wildman–Crippen LogP) is 9.58. The molecule has 4 aromatic heterocycles. The molecule has 2 N–H and O–H groups in total. The van der Waals surface area contributed by atoms with Crippen molar-refractivity contribution >= 4 is 86.7 Å². The summed E-state index contributed by atoms with van der Waals surface area (Å²) in [6, 6.07) is 14.3. The van der Waals surface area contributed by atoms with Crippen molar-refractivity contribution in [2.24, 2.45) is 0 Å². The molecule has 4 heterocycles. The number of hydrogen-bond acceptors (Lipinski definition) is 5. The van der Waals surface area contributed by atoms with Crippen LogP contribution in [0.4, 0.5) is 16.4 Å². The summed E-state index contributed by atoms with van der Waals surface area (Å²) in [6.45, 7) is 0. The average molecular weight is 670 g/mol. The van der Waals surface area contributed by atoms with Gasteiger partial charge in [-0.15, -0.1) is 32.9 Å². The first-order chi connectivity index (χ1) is 20.4. The number of rotatable bonds is 4. The molecule has 8 rings (SSSR count). The number of carbonyl (C=O) groups is 1. The minimum absolute atomic E-state index is 0.452. The summed E-state index contributed by atoms with van der Waals surface area (Å²) in [5.41, 5.74) is 7.37. The molecule has 42 heavy (non-hydrogen) atoms. The van der Waals surface area contributed by atoms with E-state index in [0.29, 0.717) is 55.9 Å². The maximum absolute atomic E-state index is 13.5. The lowest BCUT2D eigenvalue weighted by molar-refractivity contribution is 0.262. The molecule has 0 unspecified atom stereocenters. The molecule has 0 saturated heterocycles. The Morgan fingerprint density at radius 2 is 1.14 bits per heavy atom. The van der Waals surface area contributed by atoms with E-state index in [9.17, 15) is 4.79 Å². The summed E-state index contributed by atoms with van der Waals surface area (Å²) >= 11 is 28.7. The van der Waals surface area contributed by atoms with Crippen molar-refractivity contribution in [3.63, 3.8) is 0 Å². The maximum Gasteiger partial charge on any atom is 0.326 e. The van der Waals surface area contributed by atoms with E-state index in [1.54, 1.807) is 56.3 Å². The van der Waals surface area contributed by atoms with Gasteiger partial charge in [-0.05, 0) is 70.4 Å². The molecule has 2 aliphatic carbocycles. The number of benzene rings is 2. The molecule has 0 radical (unpaired) electrons. The van der Waals surface area contributed by atoms with Crippen LogP contribution in [0.3, 0.4) is 0 Å². The van der Waals surface area contributed by atoms with Gasteiger partial charge in [-0.3, -0.25) is 10.6 Å². The zero-order chi connectivity index (χ0) is 28.7. The second-order valence-corrected chi connectivity index (χ2v) is 13.4. The molecule has 0 saturated carbocycles. The highest BCUT2D eigenvalue weighted by molar-refractivity contribution is 7.14. The summed E-state index contributed by atoms with van der Waals surface area (Å²) < 4.78 is 3.55. The molecule has 2 amide bonds. The van der Waals surface area contributed by atoms with E-state index in [0.717, 1.165) is 32.3 Å². The minimum Gasteiger partial charge on any atom is -0.290 e. The molecule has 7 nitrogen and oxygen atoms in total. The number of thiophene rings is 2. The van der Waals surface area contributed by atoms with Gasteiger partial charge in [0.15, 0.2) is 11.6 Å². The standard InChI is InChI=1S/C29H16Cl4N6OS2/c30-15-1-3-21(19(32)11-15)38-23-17(9-13-5-7-41-25(13)23)27(36-38)34-29(40)35-28-18-10-14-6-8-42-26(14)24(18)39(37-28)22-4-2-16(31)12-20(22)33/h1-8,11-12H,9-10H2,(H2,34,35,36,37,40). The summed E-state index contributed by atoms with van der Waals surface area (Å²) in [5, 5.41) is 21.6. The fourth-order valence-corrected chi connectivity index (χ4v) is 8.49. The van der Waals surface area contributed by atoms with Crippen LogP contribution < -0.4 is 10.6 Å². The van der Waals surface area contributed by atoms with Gasteiger partial charge in [0.1, 0.15) is 0 Å². The van der Waals surface area contributed by atoms with Crippen molar-refractivity contribution in [3.8, 4) is 32.5 Å². The van der Waals surface area contributed by atoms with Crippen LogP contribution in [0.15, 0.2) is 59.3 Å². The number of nitrogens with one attached hydrogen (secondary N) is 2. The van der Waals surface area contributed by atoms with Gasteiger partial charge in [-0.2, -0.15) is 0 Å². The third-order valence-electron chi connectivity index (χ3n) is 7.36. The van der Waals surface area contributed by atoms with E-state index in [1.807, 2.05) is 12.1 Å². The first-order valence-corrected chi connectivity index (χ1v) is 16.0. The highest BCUT2D eigenvalue weighted by Gasteiger charge is 2.33. The van der Waals surface area contributed by atoms with E-state index in [1.165, 1.54) is 11.1 Å². The number of hydrogen-bond donors (Lipinski definition) is 2. The molecular formula is C29H16Cl4N6OS2. The largest absolute Gasteiger partial charge is 0.326 e. The van der Waals surface area contributed by atoms with Gasteiger partial charge in [0.25, 0.3) is 0 Å². The number of anilines is 2. The molecule has 13 heteroatoms. The van der Waals surface area contributed by atoms with Crippen molar-refractivity contribution in [2.75, 3.05) is 10.6 Å². The van der Waals surface area contributed by atoms with Gasteiger partial charge in [0.2, 0.25) is 0 Å². The van der Waals surface area contributed by atoms with Crippen molar-refractivity contribution in [2.45, 2.75) is 12.8 Å². The molecule has 0 aliphatic heterocycles. The number of aromatic nitrogens is 4. The lowest BCUT2D eigenvalue weighted by atomic mass is 10.2. The third kappa shape index (κ3) is 4.11. The van der Waals surface area contributed by atoms with E-state index >= 15 is 0 Å². The van der Waals surface area contributed by atoms with E-state index in [4.69, 9.17) is 56.6 Å². The van der Waals surface area contributed by atoms with Gasteiger partial charge >= 0.3 is 6.03 Å². The third-order valence-corrected chi connectivity index (χ3v) is 10.4. The van der Waals surface area contributed by atoms with Crippen LogP contribution in [-0.2, 0) is 12.8 Å². The Labute approximate surface area is 267 Å². The van der Waals surface area contributed by atoms with Crippen LogP contribution in [-0.4, -0.2) is 25.6 Å². The van der Waals surface area contributed by atoms with Crippen molar-refractivity contribution in [3.05, 3.63) is 102 Å². The van der Waals surface area contributed by atoms with Gasteiger partial charge in [0.05, 0.1) is 42.6 Å². The number of urea groups is 1. The van der Waals surface area contributed by atoms with Crippen molar-refractivity contribution in [1.82, 2.24) is 19.6 Å². The molecule has 0 bridgehead atoms. The number of nitrogens with zero attached hydrogens (tertiary/aromatic N) is 4. The highest BCUT2D eigenvalue weighted by atomic mass is 35.5. The summed E-state index contributed by atoms with van der Waals surface area (Å²) in [5.74, 6) is 0.903. The topological polar surface area (TPSA) is 76.8 Å². The minimum atomic E-state index is -0.454. The molecular weight excluding hydrogens is 654 g/mol. The van der Waals surface area contributed by atoms with Gasteiger partial charge in [-0.1, -0.05) is 46.4 Å². The molecule has 208 valence electrons. The van der Waals surface area contributed by atoms with Crippen molar-refractivity contribution in [1.29, 1.82) is 0 Å². The van der Waals surface area contributed by atoms with Crippen LogP contribution in [0.5, 0.6) is 0 Å². The Morgan fingerprint density at radius 1 is 0.690 bits per heavy atom. The smallest absolute Gasteiger partial charge is 0.290 e. The molecule has 6 aromatic rings. The predicted molar refractivity (Wildman–Crippen MR) is 172 cm³/mol. The van der Waals surface area contributed by atoms with Gasteiger partial charge in [0, 0.05) is 34.0 Å². The average Bonchev–Trinajstić information content (AvgIpc) is 3.75. The molecule has 2 aliphatic rings. The zero-order valence-corrected chi connectivity index (χ0v) is 25.9. The molecule has 0 spiro atoms. The zero-order valence-electron chi connectivity index (χ0n) is 21.2. The second-order valence-electron chi connectivity index (χ2n) is 9.85. The summed E-state index contributed by atoms with van der Waals surface area (Å²) in [4.78, 5) is 15.7. The van der Waals surface area contributed by atoms with E-state index < -0.39 is 6.03 Å². The maximum atomic E-state index is 13.5. The first-order valence-electron chi connectivity index (χ1n) is 12.7. The normalized spacial score (nSPS) is 12.7. The number of amides is 2. The molecule has 0 fully saturated rings. The monoisotopic (exact) mass is 668 g/mol. The fraction of sp³-hybridized carbons (Fsp3) is 0.0690. The van der Waals surface area contributed by atoms with Gasteiger partial charge < -0.3 is 0 Å². The number of carbonyl (C=O) groups excluding carboxylic acids is 1. The van der Waals surface area contributed by atoms with Crippen LogP contribution in [0.1, 0.15) is 22.3 Å². The van der Waals surface area contributed by atoms with Gasteiger partial charge in [-0.25, -0.2) is 14.2 Å². The summed E-state index contributed by atoms with van der Waals surface area (Å²) in [7, 11) is 0. The Morgan fingerprint density at radius 3 is 1.57 bits per heavy atom. The van der Waals surface area contributed by atoms with E-state index in [2.05, 4.69) is 33.5 Å². The second kappa shape index (κ2) is 9.87. The fourth-order valence-electron chi connectivity index (χ4n) is 5.55. The van der Waals surface area contributed by atoms with E-state index in [-0.39, 0.29) is 0 Å². The number of halogens is 4. The first kappa shape index (κ1) is 26.3. The Bertz CT molecular complexity index is 1950. The Hall–Kier alpha value is -3.31. The SMILES string of the molecule is O=C(Nc1nn(-c2ccc(Cl)cc2Cl)c2c1Cc1ccsc1-2)Nc1nn(-c2ccc(Cl)cc2Cl)c2c1Cc1ccsc1-2. The number of fused-ring (bicyclic) bond motifs is 6. The Balaban J connectivity index is 1.16. The molecule has 2 aromatic carbocycles. The van der Waals surface area contributed by atoms with Crippen LogP contribution in [0, 0.1) is 0 Å². The van der Waals surface area contributed by atoms with Crippen LogP contribution in [0.25, 0.3) is 32.5 Å². The van der Waals surface area contributed by atoms with Crippen LogP contribution >= 0.6 is 69.1 Å². The van der Waals surface area contributed by atoms with Crippen LogP contribution in [0.2, 0.25) is 20.1 Å². The molecule has 0 atom stereocenters. The lowest BCUT2D eigenvalue weighted by Crippen LogP contribution is -2.21. The van der Waals surface area contributed by atoms with Crippen molar-refractivity contribution < 1.29 is 4.79 Å². The quantitative estimate of drug-likeness (QED) is 0.196. The lowest BCUT2D eigenvalue weighted by Gasteiger charge is -2.09. The highest BCUT2D eigenvalue weighted by Crippen LogP contribution is 2.47.